The largest absolute Gasteiger partial charge is 0.393 e. The number of aryl methyl sites for hydroxylation is 1. The van der Waals surface area contributed by atoms with Crippen LogP contribution < -0.4 is 0 Å². The molecule has 3 rings (SSSR count). The molecule has 114 valence electrons. The van der Waals surface area contributed by atoms with Crippen molar-refractivity contribution in [1.29, 1.82) is 0 Å². The van der Waals surface area contributed by atoms with E-state index in [2.05, 4.69) is 46.6 Å². The SMILES string of the molecule is Cc1ccc2ncc(CN(C)CC3CCCCC3O)n2c1. The number of aliphatic hydroxyl groups excluding tert-OH is 1. The standard InChI is InChI=1S/C17H25N3O/c1-13-7-8-17-18-9-15(20(17)10-13)12-19(2)11-14-5-3-4-6-16(14)21/h7-10,14,16,21H,3-6,11-12H2,1-2H3. The summed E-state index contributed by atoms with van der Waals surface area (Å²) in [4.78, 5) is 6.77. The molecule has 2 unspecified atom stereocenters. The summed E-state index contributed by atoms with van der Waals surface area (Å²) in [5.74, 6) is 0.421. The van der Waals surface area contributed by atoms with Gasteiger partial charge in [-0.05, 0) is 44.4 Å². The summed E-state index contributed by atoms with van der Waals surface area (Å²) in [7, 11) is 2.14. The minimum atomic E-state index is -0.120. The average molecular weight is 287 g/mol. The molecule has 4 nitrogen and oxygen atoms in total. The van der Waals surface area contributed by atoms with Crippen molar-refractivity contribution in [3.63, 3.8) is 0 Å². The van der Waals surface area contributed by atoms with Gasteiger partial charge in [-0.1, -0.05) is 18.9 Å². The van der Waals surface area contributed by atoms with E-state index in [0.717, 1.165) is 31.6 Å². The second kappa shape index (κ2) is 6.16. The van der Waals surface area contributed by atoms with Crippen molar-refractivity contribution in [2.45, 2.75) is 45.3 Å². The number of rotatable bonds is 4. The van der Waals surface area contributed by atoms with Gasteiger partial charge in [0, 0.05) is 19.3 Å². The number of imidazole rings is 1. The third-order valence-electron chi connectivity index (χ3n) is 4.58. The number of pyridine rings is 1. The maximum Gasteiger partial charge on any atom is 0.136 e. The second-order valence-corrected chi connectivity index (χ2v) is 6.49. The highest BCUT2D eigenvalue weighted by Gasteiger charge is 2.24. The lowest BCUT2D eigenvalue weighted by atomic mass is 9.86. The molecule has 2 atom stereocenters. The van der Waals surface area contributed by atoms with Crippen LogP contribution in [0.3, 0.4) is 0 Å². The predicted molar refractivity (Wildman–Crippen MR) is 84.2 cm³/mol. The van der Waals surface area contributed by atoms with Gasteiger partial charge >= 0.3 is 0 Å². The smallest absolute Gasteiger partial charge is 0.136 e. The molecule has 0 aromatic carbocycles. The third kappa shape index (κ3) is 3.27. The molecule has 1 aliphatic rings. The Bertz CT molecular complexity index is 607. The summed E-state index contributed by atoms with van der Waals surface area (Å²) in [5, 5.41) is 10.1. The van der Waals surface area contributed by atoms with Crippen LogP contribution in [0.15, 0.2) is 24.5 Å². The second-order valence-electron chi connectivity index (χ2n) is 6.49. The van der Waals surface area contributed by atoms with Crippen molar-refractivity contribution in [3.8, 4) is 0 Å². The van der Waals surface area contributed by atoms with Crippen LogP contribution in [0.2, 0.25) is 0 Å². The molecule has 2 aromatic heterocycles. The highest BCUT2D eigenvalue weighted by Crippen LogP contribution is 2.25. The number of hydrogen-bond donors (Lipinski definition) is 1. The van der Waals surface area contributed by atoms with Crippen LogP contribution in [0.1, 0.15) is 36.9 Å². The van der Waals surface area contributed by atoms with Gasteiger partial charge < -0.3 is 14.4 Å². The molecule has 0 saturated heterocycles. The molecule has 1 N–H and O–H groups in total. The van der Waals surface area contributed by atoms with E-state index in [1.807, 2.05) is 6.20 Å². The van der Waals surface area contributed by atoms with Gasteiger partial charge in [0.15, 0.2) is 0 Å². The molecule has 1 aliphatic carbocycles. The molecule has 1 fully saturated rings. The molecular weight excluding hydrogens is 262 g/mol. The maximum absolute atomic E-state index is 10.1. The van der Waals surface area contributed by atoms with Crippen molar-refractivity contribution in [3.05, 3.63) is 35.8 Å². The first-order chi connectivity index (χ1) is 10.1. The van der Waals surface area contributed by atoms with Crippen LogP contribution in [0, 0.1) is 12.8 Å². The van der Waals surface area contributed by atoms with Crippen molar-refractivity contribution < 1.29 is 5.11 Å². The van der Waals surface area contributed by atoms with E-state index in [1.54, 1.807) is 0 Å². The van der Waals surface area contributed by atoms with Crippen molar-refractivity contribution in [1.82, 2.24) is 14.3 Å². The van der Waals surface area contributed by atoms with Gasteiger partial charge in [0.1, 0.15) is 5.65 Å². The molecule has 0 amide bonds. The van der Waals surface area contributed by atoms with Crippen LogP contribution in [0.4, 0.5) is 0 Å². The molecule has 21 heavy (non-hydrogen) atoms. The van der Waals surface area contributed by atoms with E-state index >= 15 is 0 Å². The van der Waals surface area contributed by atoms with E-state index in [9.17, 15) is 5.11 Å². The molecule has 0 aliphatic heterocycles. The Labute approximate surface area is 126 Å². The van der Waals surface area contributed by atoms with Gasteiger partial charge in [0.05, 0.1) is 18.0 Å². The number of aromatic nitrogens is 2. The summed E-state index contributed by atoms with van der Waals surface area (Å²) >= 11 is 0. The normalized spacial score (nSPS) is 23.0. The average Bonchev–Trinajstić information content (AvgIpc) is 2.84. The van der Waals surface area contributed by atoms with Crippen LogP contribution in [-0.2, 0) is 6.54 Å². The van der Waals surface area contributed by atoms with Gasteiger partial charge in [-0.2, -0.15) is 0 Å². The van der Waals surface area contributed by atoms with Crippen LogP contribution in [0.5, 0.6) is 0 Å². The lowest BCUT2D eigenvalue weighted by molar-refractivity contribution is 0.0499. The van der Waals surface area contributed by atoms with Crippen molar-refractivity contribution in [2.24, 2.45) is 5.92 Å². The lowest BCUT2D eigenvalue weighted by Gasteiger charge is -2.31. The van der Waals surface area contributed by atoms with Gasteiger partial charge in [-0.3, -0.25) is 0 Å². The van der Waals surface area contributed by atoms with E-state index < -0.39 is 0 Å². The van der Waals surface area contributed by atoms with Gasteiger partial charge in [0.2, 0.25) is 0 Å². The van der Waals surface area contributed by atoms with Crippen molar-refractivity contribution >= 4 is 5.65 Å². The van der Waals surface area contributed by atoms with Crippen LogP contribution >= 0.6 is 0 Å². The zero-order valence-electron chi connectivity index (χ0n) is 13.0. The summed E-state index contributed by atoms with van der Waals surface area (Å²) in [6, 6.07) is 4.15. The molecule has 0 bridgehead atoms. The fourth-order valence-electron chi connectivity index (χ4n) is 3.40. The Balaban J connectivity index is 1.68. The van der Waals surface area contributed by atoms with Crippen LogP contribution in [-0.4, -0.2) is 39.1 Å². The monoisotopic (exact) mass is 287 g/mol. The Hall–Kier alpha value is -1.39. The first-order valence-electron chi connectivity index (χ1n) is 7.92. The summed E-state index contributed by atoms with van der Waals surface area (Å²) in [6.45, 7) is 3.93. The molecule has 0 spiro atoms. The third-order valence-corrected chi connectivity index (χ3v) is 4.58. The summed E-state index contributed by atoms with van der Waals surface area (Å²) in [6.07, 6.45) is 8.53. The van der Waals surface area contributed by atoms with Crippen molar-refractivity contribution in [2.75, 3.05) is 13.6 Å². The predicted octanol–water partition coefficient (Wildman–Crippen LogP) is 2.63. The quantitative estimate of drug-likeness (QED) is 0.940. The maximum atomic E-state index is 10.1. The first-order valence-corrected chi connectivity index (χ1v) is 7.92. The fourth-order valence-corrected chi connectivity index (χ4v) is 3.40. The molecule has 2 heterocycles. The minimum absolute atomic E-state index is 0.120. The Kier molecular flexibility index (Phi) is 4.27. The van der Waals surface area contributed by atoms with Gasteiger partial charge in [-0.25, -0.2) is 4.98 Å². The van der Waals surface area contributed by atoms with E-state index in [0.29, 0.717) is 5.92 Å². The number of fused-ring (bicyclic) bond motifs is 1. The zero-order valence-corrected chi connectivity index (χ0v) is 13.0. The molecule has 1 saturated carbocycles. The molecular formula is C17H25N3O. The highest BCUT2D eigenvalue weighted by molar-refractivity contribution is 5.41. The topological polar surface area (TPSA) is 40.8 Å². The summed E-state index contributed by atoms with van der Waals surface area (Å²) in [5.41, 5.74) is 3.45. The first kappa shape index (κ1) is 14.5. The number of nitrogens with zero attached hydrogens (tertiary/aromatic N) is 3. The lowest BCUT2D eigenvalue weighted by Crippen LogP contribution is -2.34. The number of hydrogen-bond acceptors (Lipinski definition) is 3. The Morgan fingerprint density at radius 3 is 2.95 bits per heavy atom. The van der Waals surface area contributed by atoms with E-state index in [1.165, 1.54) is 24.1 Å². The fraction of sp³-hybridized carbons (Fsp3) is 0.588. The highest BCUT2D eigenvalue weighted by atomic mass is 16.3. The van der Waals surface area contributed by atoms with Gasteiger partial charge in [0.25, 0.3) is 0 Å². The van der Waals surface area contributed by atoms with E-state index in [-0.39, 0.29) is 6.10 Å². The molecule has 4 heteroatoms. The molecule has 2 aromatic rings. The Morgan fingerprint density at radius 1 is 1.33 bits per heavy atom. The zero-order chi connectivity index (χ0) is 14.8. The van der Waals surface area contributed by atoms with E-state index in [4.69, 9.17) is 0 Å². The summed E-state index contributed by atoms with van der Waals surface area (Å²) < 4.78 is 2.17. The minimum Gasteiger partial charge on any atom is -0.393 e. The van der Waals surface area contributed by atoms with Crippen LogP contribution in [0.25, 0.3) is 5.65 Å². The molecule has 0 radical (unpaired) electrons. The number of aliphatic hydroxyl groups is 1. The Morgan fingerprint density at radius 2 is 2.14 bits per heavy atom. The van der Waals surface area contributed by atoms with Gasteiger partial charge in [-0.15, -0.1) is 0 Å².